The third kappa shape index (κ3) is 2.09. The van der Waals surface area contributed by atoms with E-state index in [1.165, 1.54) is 25.7 Å². The van der Waals surface area contributed by atoms with Crippen LogP contribution in [-0.2, 0) is 0 Å². The smallest absolute Gasteiger partial charge is 0.146 e. The SMILES string of the molecule is OCC1(F)CCCN(C2CCCC2)C1. The van der Waals surface area contributed by atoms with Crippen molar-refractivity contribution in [1.82, 2.24) is 4.90 Å². The van der Waals surface area contributed by atoms with Crippen molar-refractivity contribution in [3.8, 4) is 0 Å². The molecule has 2 nitrogen and oxygen atoms in total. The maximum Gasteiger partial charge on any atom is 0.146 e. The molecule has 1 saturated carbocycles. The summed E-state index contributed by atoms with van der Waals surface area (Å²) in [5.74, 6) is 0. The highest BCUT2D eigenvalue weighted by Crippen LogP contribution is 2.31. The van der Waals surface area contributed by atoms with Gasteiger partial charge in [-0.3, -0.25) is 4.90 Å². The lowest BCUT2D eigenvalue weighted by Crippen LogP contribution is -2.50. The molecule has 2 rings (SSSR count). The molecular weight excluding hydrogens is 181 g/mol. The van der Waals surface area contributed by atoms with Crippen LogP contribution < -0.4 is 0 Å². The molecule has 1 aliphatic heterocycles. The molecule has 2 fully saturated rings. The number of piperidine rings is 1. The molecule has 0 amide bonds. The fourth-order valence-corrected chi connectivity index (χ4v) is 2.83. The molecule has 14 heavy (non-hydrogen) atoms. The Bertz CT molecular complexity index is 194. The summed E-state index contributed by atoms with van der Waals surface area (Å²) in [4.78, 5) is 2.26. The van der Waals surface area contributed by atoms with E-state index in [2.05, 4.69) is 4.90 Å². The Kier molecular flexibility index (Phi) is 3.07. The molecule has 0 spiro atoms. The lowest BCUT2D eigenvalue weighted by atomic mass is 9.94. The topological polar surface area (TPSA) is 23.5 Å². The monoisotopic (exact) mass is 201 g/mol. The van der Waals surface area contributed by atoms with E-state index in [0.717, 1.165) is 13.0 Å². The molecular formula is C11H20FNO. The summed E-state index contributed by atoms with van der Waals surface area (Å²) in [7, 11) is 0. The Morgan fingerprint density at radius 2 is 2.00 bits per heavy atom. The number of aliphatic hydroxyl groups is 1. The molecule has 0 radical (unpaired) electrons. The minimum Gasteiger partial charge on any atom is -0.393 e. The van der Waals surface area contributed by atoms with Crippen LogP contribution in [0.5, 0.6) is 0 Å². The molecule has 1 heterocycles. The number of alkyl halides is 1. The second-order valence-corrected chi connectivity index (χ2v) is 4.82. The van der Waals surface area contributed by atoms with E-state index in [1.807, 2.05) is 0 Å². The molecule has 1 N–H and O–H groups in total. The second kappa shape index (κ2) is 4.15. The average Bonchev–Trinajstić information content (AvgIpc) is 2.71. The molecule has 1 atom stereocenters. The van der Waals surface area contributed by atoms with Crippen molar-refractivity contribution in [2.24, 2.45) is 0 Å². The first-order valence-electron chi connectivity index (χ1n) is 5.77. The van der Waals surface area contributed by atoms with Gasteiger partial charge in [0.1, 0.15) is 5.67 Å². The van der Waals surface area contributed by atoms with Gasteiger partial charge in [-0.05, 0) is 32.2 Å². The summed E-state index contributed by atoms with van der Waals surface area (Å²) in [5.41, 5.74) is -1.32. The lowest BCUT2D eigenvalue weighted by Gasteiger charge is -2.39. The van der Waals surface area contributed by atoms with Gasteiger partial charge in [0.05, 0.1) is 6.61 Å². The first-order chi connectivity index (χ1) is 6.73. The van der Waals surface area contributed by atoms with E-state index >= 15 is 0 Å². The van der Waals surface area contributed by atoms with Gasteiger partial charge in [0.15, 0.2) is 0 Å². The predicted molar refractivity (Wildman–Crippen MR) is 54.0 cm³/mol. The Balaban J connectivity index is 1.93. The van der Waals surface area contributed by atoms with E-state index in [9.17, 15) is 4.39 Å². The fraction of sp³-hybridized carbons (Fsp3) is 1.00. The van der Waals surface area contributed by atoms with Crippen LogP contribution in [0, 0.1) is 0 Å². The van der Waals surface area contributed by atoms with Crippen LogP contribution in [0.4, 0.5) is 4.39 Å². The van der Waals surface area contributed by atoms with Crippen molar-refractivity contribution in [3.63, 3.8) is 0 Å². The number of nitrogens with zero attached hydrogens (tertiary/aromatic N) is 1. The van der Waals surface area contributed by atoms with Gasteiger partial charge in [0, 0.05) is 12.6 Å². The highest BCUT2D eigenvalue weighted by atomic mass is 19.1. The lowest BCUT2D eigenvalue weighted by molar-refractivity contribution is -0.0152. The Hall–Kier alpha value is -0.150. The minimum atomic E-state index is -1.32. The summed E-state index contributed by atoms with van der Waals surface area (Å²) >= 11 is 0. The summed E-state index contributed by atoms with van der Waals surface area (Å²) in [5, 5.41) is 9.01. The van der Waals surface area contributed by atoms with E-state index in [-0.39, 0.29) is 6.61 Å². The zero-order chi connectivity index (χ0) is 10.0. The van der Waals surface area contributed by atoms with Crippen LogP contribution in [0.1, 0.15) is 38.5 Å². The zero-order valence-electron chi connectivity index (χ0n) is 8.71. The first kappa shape index (κ1) is 10.4. The summed E-state index contributed by atoms with van der Waals surface area (Å²) in [6, 6.07) is 0.594. The number of hydrogen-bond acceptors (Lipinski definition) is 2. The number of likely N-dealkylation sites (tertiary alicyclic amines) is 1. The van der Waals surface area contributed by atoms with Gasteiger partial charge in [0.25, 0.3) is 0 Å². The fourth-order valence-electron chi connectivity index (χ4n) is 2.83. The Morgan fingerprint density at radius 1 is 1.29 bits per heavy atom. The summed E-state index contributed by atoms with van der Waals surface area (Å²) in [6.45, 7) is 1.17. The van der Waals surface area contributed by atoms with Gasteiger partial charge in [-0.25, -0.2) is 4.39 Å². The van der Waals surface area contributed by atoms with Gasteiger partial charge in [-0.1, -0.05) is 12.8 Å². The second-order valence-electron chi connectivity index (χ2n) is 4.82. The molecule has 0 aromatic carbocycles. The van der Waals surface area contributed by atoms with Gasteiger partial charge < -0.3 is 5.11 Å². The van der Waals surface area contributed by atoms with E-state index in [1.54, 1.807) is 0 Å². The molecule has 2 aliphatic rings. The number of halogens is 1. The summed E-state index contributed by atoms with van der Waals surface area (Å²) < 4.78 is 13.9. The standard InChI is InChI=1S/C11H20FNO/c12-11(9-14)6-3-7-13(8-11)10-4-1-2-5-10/h10,14H,1-9H2. The van der Waals surface area contributed by atoms with Gasteiger partial charge in [0.2, 0.25) is 0 Å². The number of rotatable bonds is 2. The van der Waals surface area contributed by atoms with Crippen molar-refractivity contribution in [1.29, 1.82) is 0 Å². The van der Waals surface area contributed by atoms with Crippen molar-refractivity contribution in [2.75, 3.05) is 19.7 Å². The number of hydrogen-bond donors (Lipinski definition) is 1. The Labute approximate surface area is 85.1 Å². The van der Waals surface area contributed by atoms with Crippen molar-refractivity contribution < 1.29 is 9.50 Å². The third-order valence-electron chi connectivity index (χ3n) is 3.68. The highest BCUT2D eigenvalue weighted by Gasteiger charge is 2.37. The highest BCUT2D eigenvalue weighted by molar-refractivity contribution is 4.90. The van der Waals surface area contributed by atoms with Gasteiger partial charge in [-0.15, -0.1) is 0 Å². The van der Waals surface area contributed by atoms with E-state index < -0.39 is 5.67 Å². The quantitative estimate of drug-likeness (QED) is 0.735. The van der Waals surface area contributed by atoms with Crippen LogP contribution in [0.3, 0.4) is 0 Å². The summed E-state index contributed by atoms with van der Waals surface area (Å²) in [6.07, 6.45) is 6.46. The van der Waals surface area contributed by atoms with Gasteiger partial charge >= 0.3 is 0 Å². The Morgan fingerprint density at radius 3 is 2.64 bits per heavy atom. The maximum absolute atomic E-state index is 13.9. The van der Waals surface area contributed by atoms with E-state index in [4.69, 9.17) is 5.11 Å². The van der Waals surface area contributed by atoms with Crippen molar-refractivity contribution in [2.45, 2.75) is 50.2 Å². The predicted octanol–water partition coefficient (Wildman–Crippen LogP) is 1.73. The van der Waals surface area contributed by atoms with Crippen molar-refractivity contribution in [3.05, 3.63) is 0 Å². The van der Waals surface area contributed by atoms with Crippen LogP contribution in [0.25, 0.3) is 0 Å². The zero-order valence-corrected chi connectivity index (χ0v) is 8.71. The largest absolute Gasteiger partial charge is 0.393 e. The molecule has 1 aliphatic carbocycles. The number of aliphatic hydroxyl groups excluding tert-OH is 1. The van der Waals surface area contributed by atoms with Crippen LogP contribution in [0.15, 0.2) is 0 Å². The molecule has 1 saturated heterocycles. The van der Waals surface area contributed by atoms with Crippen LogP contribution >= 0.6 is 0 Å². The van der Waals surface area contributed by atoms with Crippen LogP contribution in [-0.4, -0.2) is 41.4 Å². The van der Waals surface area contributed by atoms with E-state index in [0.29, 0.717) is 19.0 Å². The third-order valence-corrected chi connectivity index (χ3v) is 3.68. The minimum absolute atomic E-state index is 0.309. The molecule has 82 valence electrons. The van der Waals surface area contributed by atoms with Gasteiger partial charge in [-0.2, -0.15) is 0 Å². The normalized spacial score (nSPS) is 36.4. The molecule has 1 unspecified atom stereocenters. The van der Waals surface area contributed by atoms with Crippen LogP contribution in [0.2, 0.25) is 0 Å². The average molecular weight is 201 g/mol. The van der Waals surface area contributed by atoms with Crippen molar-refractivity contribution >= 4 is 0 Å². The maximum atomic E-state index is 13.9. The molecule has 0 aromatic rings. The molecule has 3 heteroatoms. The molecule has 0 bridgehead atoms. The molecule has 0 aromatic heterocycles. The first-order valence-corrected chi connectivity index (χ1v) is 5.77.